The van der Waals surface area contributed by atoms with Crippen LogP contribution in [0.1, 0.15) is 29.7 Å². The van der Waals surface area contributed by atoms with E-state index < -0.39 is 0 Å². The van der Waals surface area contributed by atoms with Gasteiger partial charge >= 0.3 is 0 Å². The van der Waals surface area contributed by atoms with E-state index in [2.05, 4.69) is 0 Å². The lowest BCUT2D eigenvalue weighted by atomic mass is 9.95. The number of amidine groups is 1. The molecule has 0 saturated heterocycles. The smallest absolute Gasteiger partial charge is 0.125 e. The summed E-state index contributed by atoms with van der Waals surface area (Å²) < 4.78 is 0. The van der Waals surface area contributed by atoms with Gasteiger partial charge < -0.3 is 5.73 Å². The molecule has 1 aliphatic carbocycles. The van der Waals surface area contributed by atoms with Gasteiger partial charge in [0.1, 0.15) is 10.9 Å². The number of nitrogens with zero attached hydrogens (tertiary/aromatic N) is 1. The molecule has 3 N–H and O–H groups in total. The Morgan fingerprint density at radius 1 is 1.24 bits per heavy atom. The summed E-state index contributed by atoms with van der Waals surface area (Å²) in [5, 5.41) is 9.27. The van der Waals surface area contributed by atoms with Crippen LogP contribution in [-0.2, 0) is 12.8 Å². The Kier molecular flexibility index (Phi) is 4.17. The van der Waals surface area contributed by atoms with Gasteiger partial charge in [-0.25, -0.2) is 4.98 Å². The van der Waals surface area contributed by atoms with E-state index in [1.807, 2.05) is 30.3 Å². The molecule has 0 spiro atoms. The molecule has 0 atom stereocenters. The third kappa shape index (κ3) is 3.06. The number of hydrogen-bond acceptors (Lipinski definition) is 3. The topological polar surface area (TPSA) is 62.8 Å². The minimum atomic E-state index is 0.0606. The van der Waals surface area contributed by atoms with Gasteiger partial charge in [-0.2, -0.15) is 0 Å². The highest BCUT2D eigenvalue weighted by Gasteiger charge is 2.17. The molecule has 0 radical (unpaired) electrons. The average Bonchev–Trinajstić information content (AvgIpc) is 2.48. The summed E-state index contributed by atoms with van der Waals surface area (Å²) in [6.45, 7) is 0. The zero-order chi connectivity index (χ0) is 14.8. The number of aromatic nitrogens is 1. The third-order valence-electron chi connectivity index (χ3n) is 3.60. The fourth-order valence-corrected chi connectivity index (χ4v) is 3.72. The molecule has 2 aromatic rings. The number of aryl methyl sites for hydroxylation is 2. The van der Waals surface area contributed by atoms with E-state index in [4.69, 9.17) is 27.7 Å². The summed E-state index contributed by atoms with van der Waals surface area (Å²) in [6, 6.07) is 9.69. The van der Waals surface area contributed by atoms with Crippen molar-refractivity contribution >= 4 is 29.2 Å². The summed E-state index contributed by atoms with van der Waals surface area (Å²) in [5.74, 6) is 0.0606. The molecule has 0 fully saturated rings. The van der Waals surface area contributed by atoms with Crippen LogP contribution in [0.25, 0.3) is 0 Å². The van der Waals surface area contributed by atoms with Gasteiger partial charge in [-0.1, -0.05) is 35.5 Å². The van der Waals surface area contributed by atoms with Gasteiger partial charge in [0.25, 0.3) is 0 Å². The largest absolute Gasteiger partial charge is 0.384 e. The number of benzene rings is 1. The molecule has 1 aliphatic rings. The standard InChI is InChI=1S/C16H16ClN3S/c17-12-6-2-4-8-14(12)21-16-11(15(18)19)9-10-5-1-3-7-13(10)20-16/h2,4,6,8-9H,1,3,5,7H2,(H3,18,19). The van der Waals surface area contributed by atoms with Gasteiger partial charge in [-0.15, -0.1) is 0 Å². The first-order valence-corrected chi connectivity index (χ1v) is 8.14. The summed E-state index contributed by atoms with van der Waals surface area (Å²) >= 11 is 7.69. The van der Waals surface area contributed by atoms with Crippen molar-refractivity contribution in [1.29, 1.82) is 5.41 Å². The Morgan fingerprint density at radius 3 is 2.76 bits per heavy atom. The zero-order valence-corrected chi connectivity index (χ0v) is 13.1. The number of nitrogen functional groups attached to an aromatic ring is 1. The summed E-state index contributed by atoms with van der Waals surface area (Å²) in [7, 11) is 0. The minimum absolute atomic E-state index is 0.0606. The molecule has 0 amide bonds. The fraction of sp³-hybridized carbons (Fsp3) is 0.250. The van der Waals surface area contributed by atoms with Crippen LogP contribution < -0.4 is 5.73 Å². The molecule has 0 aliphatic heterocycles. The molecule has 0 unspecified atom stereocenters. The fourth-order valence-electron chi connectivity index (χ4n) is 2.52. The molecule has 1 heterocycles. The maximum atomic E-state index is 7.80. The number of rotatable bonds is 3. The third-order valence-corrected chi connectivity index (χ3v) is 5.12. The summed E-state index contributed by atoms with van der Waals surface area (Å²) in [5.41, 5.74) is 8.82. The predicted octanol–water partition coefficient (Wildman–Crippen LogP) is 4.05. The van der Waals surface area contributed by atoms with E-state index in [9.17, 15) is 0 Å². The van der Waals surface area contributed by atoms with Crippen LogP contribution in [-0.4, -0.2) is 10.8 Å². The van der Waals surface area contributed by atoms with Crippen molar-refractivity contribution < 1.29 is 0 Å². The first kappa shape index (κ1) is 14.4. The molecule has 0 bridgehead atoms. The molecule has 3 rings (SSSR count). The maximum absolute atomic E-state index is 7.80. The van der Waals surface area contributed by atoms with Crippen molar-refractivity contribution in [2.75, 3.05) is 0 Å². The van der Waals surface area contributed by atoms with Crippen LogP contribution in [0.4, 0.5) is 0 Å². The SMILES string of the molecule is N=C(N)c1cc2c(nc1Sc1ccccc1Cl)CCCC2. The number of nitrogens with one attached hydrogen (secondary N) is 1. The summed E-state index contributed by atoms with van der Waals surface area (Å²) in [6.07, 6.45) is 4.39. The van der Waals surface area contributed by atoms with Crippen LogP contribution >= 0.6 is 23.4 Å². The van der Waals surface area contributed by atoms with Crippen LogP contribution in [0.3, 0.4) is 0 Å². The van der Waals surface area contributed by atoms with Crippen LogP contribution in [0.2, 0.25) is 5.02 Å². The molecule has 1 aromatic carbocycles. The first-order valence-electron chi connectivity index (χ1n) is 6.94. The molecule has 0 saturated carbocycles. The lowest BCUT2D eigenvalue weighted by molar-refractivity contribution is 0.660. The van der Waals surface area contributed by atoms with Gasteiger partial charge in [0.2, 0.25) is 0 Å². The second-order valence-corrected chi connectivity index (χ2v) is 6.54. The monoisotopic (exact) mass is 317 g/mol. The number of hydrogen-bond donors (Lipinski definition) is 2. The Hall–Kier alpha value is -1.52. The van der Waals surface area contributed by atoms with Gasteiger partial charge in [0.15, 0.2) is 0 Å². The zero-order valence-electron chi connectivity index (χ0n) is 11.5. The lowest BCUT2D eigenvalue weighted by Crippen LogP contribution is -2.16. The van der Waals surface area contributed by atoms with Crippen molar-refractivity contribution in [1.82, 2.24) is 4.98 Å². The first-order chi connectivity index (χ1) is 10.1. The highest BCUT2D eigenvalue weighted by atomic mass is 35.5. The van der Waals surface area contributed by atoms with Crippen LogP contribution in [0.15, 0.2) is 40.3 Å². The second-order valence-electron chi connectivity index (χ2n) is 5.10. The summed E-state index contributed by atoms with van der Waals surface area (Å²) in [4.78, 5) is 5.69. The molecule has 108 valence electrons. The number of pyridine rings is 1. The minimum Gasteiger partial charge on any atom is -0.384 e. The van der Waals surface area contributed by atoms with Crippen molar-refractivity contribution in [3.8, 4) is 0 Å². The van der Waals surface area contributed by atoms with Crippen LogP contribution in [0.5, 0.6) is 0 Å². The van der Waals surface area contributed by atoms with Gasteiger partial charge in [0.05, 0.1) is 5.02 Å². The number of halogens is 1. The van der Waals surface area contributed by atoms with Crippen molar-refractivity contribution in [3.05, 3.63) is 52.2 Å². The van der Waals surface area contributed by atoms with Crippen molar-refractivity contribution in [2.45, 2.75) is 35.6 Å². The average molecular weight is 318 g/mol. The lowest BCUT2D eigenvalue weighted by Gasteiger charge is -2.18. The molecule has 5 heteroatoms. The molecule has 3 nitrogen and oxygen atoms in total. The molecule has 1 aromatic heterocycles. The van der Waals surface area contributed by atoms with Gasteiger partial charge in [-0.05, 0) is 49.4 Å². The Labute approximate surface area is 133 Å². The highest BCUT2D eigenvalue weighted by Crippen LogP contribution is 2.35. The van der Waals surface area contributed by atoms with E-state index in [-0.39, 0.29) is 5.84 Å². The maximum Gasteiger partial charge on any atom is 0.125 e. The Bertz CT molecular complexity index is 700. The number of nitrogens with two attached hydrogens (primary N) is 1. The van der Waals surface area contributed by atoms with E-state index in [0.29, 0.717) is 10.6 Å². The Morgan fingerprint density at radius 2 is 2.00 bits per heavy atom. The van der Waals surface area contributed by atoms with E-state index in [1.165, 1.54) is 30.2 Å². The predicted molar refractivity (Wildman–Crippen MR) is 87.5 cm³/mol. The highest BCUT2D eigenvalue weighted by molar-refractivity contribution is 7.99. The van der Waals surface area contributed by atoms with E-state index in [1.54, 1.807) is 0 Å². The van der Waals surface area contributed by atoms with Crippen molar-refractivity contribution in [2.24, 2.45) is 5.73 Å². The Balaban J connectivity index is 2.04. The molecule has 21 heavy (non-hydrogen) atoms. The van der Waals surface area contributed by atoms with Crippen molar-refractivity contribution in [3.63, 3.8) is 0 Å². The second kappa shape index (κ2) is 6.08. The van der Waals surface area contributed by atoms with Gasteiger partial charge in [0, 0.05) is 16.2 Å². The normalized spacial score (nSPS) is 13.8. The van der Waals surface area contributed by atoms with Gasteiger partial charge in [-0.3, -0.25) is 5.41 Å². The number of fused-ring (bicyclic) bond motifs is 1. The van der Waals surface area contributed by atoms with E-state index >= 15 is 0 Å². The quantitative estimate of drug-likeness (QED) is 0.663. The molecular formula is C16H16ClN3S. The molecular weight excluding hydrogens is 302 g/mol. The van der Waals surface area contributed by atoms with E-state index in [0.717, 1.165) is 28.5 Å². The van der Waals surface area contributed by atoms with Crippen LogP contribution in [0, 0.1) is 5.41 Å².